The molecule has 1 aliphatic heterocycles. The Kier molecular flexibility index (Phi) is 5.37. The van der Waals surface area contributed by atoms with Crippen LogP contribution < -0.4 is 4.90 Å². The molecular formula is C22H21N3O2. The smallest absolute Gasteiger partial charge is 0.363 e. The van der Waals surface area contributed by atoms with E-state index in [4.69, 9.17) is 10.00 Å². The van der Waals surface area contributed by atoms with Gasteiger partial charge in [0.25, 0.3) is 0 Å². The fraction of sp³-hybridized carbons (Fsp3) is 0.227. The number of aryl methyl sites for hydroxylation is 2. The zero-order valence-corrected chi connectivity index (χ0v) is 15.7. The molecule has 0 saturated carbocycles. The normalized spacial score (nSPS) is 14.7. The van der Waals surface area contributed by atoms with E-state index in [1.165, 1.54) is 5.56 Å². The standard InChI is InChI=1S/C22H21N3O2/c1-15-5-8-18(13-16(15)2)21-24-20(22(26)27-21)14-17-6-9-19(10-7-17)25(3)12-4-11-23/h5-10,13-14H,4,12H2,1-3H3/b20-14-. The van der Waals surface area contributed by atoms with Crippen molar-refractivity contribution in [1.82, 2.24) is 0 Å². The van der Waals surface area contributed by atoms with Crippen LogP contribution in [0.5, 0.6) is 0 Å². The van der Waals surface area contributed by atoms with Crippen LogP contribution in [0.2, 0.25) is 0 Å². The first-order chi connectivity index (χ1) is 13.0. The first-order valence-corrected chi connectivity index (χ1v) is 8.76. The number of esters is 1. The van der Waals surface area contributed by atoms with Crippen molar-refractivity contribution >= 4 is 23.6 Å². The molecule has 5 nitrogen and oxygen atoms in total. The molecule has 0 aliphatic carbocycles. The summed E-state index contributed by atoms with van der Waals surface area (Å²) in [5.41, 5.74) is 5.27. The Morgan fingerprint density at radius 3 is 2.56 bits per heavy atom. The monoisotopic (exact) mass is 359 g/mol. The summed E-state index contributed by atoms with van der Waals surface area (Å²) in [6.45, 7) is 4.73. The first-order valence-electron chi connectivity index (χ1n) is 8.76. The van der Waals surface area contributed by atoms with Gasteiger partial charge in [-0.3, -0.25) is 0 Å². The highest BCUT2D eigenvalue weighted by Gasteiger charge is 2.24. The number of ether oxygens (including phenoxy) is 1. The number of carbonyl (C=O) groups excluding carboxylic acids is 1. The molecular weight excluding hydrogens is 338 g/mol. The lowest BCUT2D eigenvalue weighted by atomic mass is 10.1. The maximum Gasteiger partial charge on any atom is 0.363 e. The lowest BCUT2D eigenvalue weighted by Gasteiger charge is -2.17. The van der Waals surface area contributed by atoms with E-state index in [2.05, 4.69) is 11.1 Å². The zero-order valence-electron chi connectivity index (χ0n) is 15.7. The molecule has 1 heterocycles. The van der Waals surface area contributed by atoms with Gasteiger partial charge in [0.05, 0.1) is 12.5 Å². The number of cyclic esters (lactones) is 1. The summed E-state index contributed by atoms with van der Waals surface area (Å²) in [7, 11) is 1.94. The van der Waals surface area contributed by atoms with Crippen LogP contribution in [0.3, 0.4) is 0 Å². The van der Waals surface area contributed by atoms with Crippen molar-refractivity contribution in [1.29, 1.82) is 5.26 Å². The van der Waals surface area contributed by atoms with Gasteiger partial charge in [0, 0.05) is 24.8 Å². The number of nitriles is 1. The maximum atomic E-state index is 12.2. The molecule has 0 saturated heterocycles. The van der Waals surface area contributed by atoms with Crippen molar-refractivity contribution < 1.29 is 9.53 Å². The van der Waals surface area contributed by atoms with Crippen LogP contribution in [0.25, 0.3) is 6.08 Å². The highest BCUT2D eigenvalue weighted by Crippen LogP contribution is 2.22. The summed E-state index contributed by atoms with van der Waals surface area (Å²) in [5.74, 6) is -0.111. The third-order valence-corrected chi connectivity index (χ3v) is 4.57. The number of hydrogen-bond donors (Lipinski definition) is 0. The molecule has 2 aromatic carbocycles. The highest BCUT2D eigenvalue weighted by molar-refractivity contribution is 6.12. The van der Waals surface area contributed by atoms with Gasteiger partial charge in [-0.15, -0.1) is 0 Å². The van der Waals surface area contributed by atoms with E-state index in [0.717, 1.165) is 22.4 Å². The number of carbonyl (C=O) groups is 1. The van der Waals surface area contributed by atoms with Gasteiger partial charge in [-0.05, 0) is 60.9 Å². The predicted molar refractivity (Wildman–Crippen MR) is 106 cm³/mol. The molecule has 0 fully saturated rings. The second kappa shape index (κ2) is 7.88. The molecule has 0 N–H and O–H groups in total. The van der Waals surface area contributed by atoms with Crippen molar-refractivity contribution in [2.45, 2.75) is 20.3 Å². The van der Waals surface area contributed by atoms with Crippen LogP contribution in [0.1, 0.15) is 28.7 Å². The van der Waals surface area contributed by atoms with Gasteiger partial charge in [-0.25, -0.2) is 9.79 Å². The van der Waals surface area contributed by atoms with Gasteiger partial charge in [-0.1, -0.05) is 18.2 Å². The second-order valence-electron chi connectivity index (χ2n) is 6.56. The average molecular weight is 359 g/mol. The SMILES string of the molecule is Cc1ccc(C2=N/C(=C\c3ccc(N(C)CCC#N)cc3)C(=O)O2)cc1C. The average Bonchev–Trinajstić information content (AvgIpc) is 3.03. The summed E-state index contributed by atoms with van der Waals surface area (Å²) >= 11 is 0. The molecule has 5 heteroatoms. The van der Waals surface area contributed by atoms with Crippen molar-refractivity contribution in [2.24, 2.45) is 4.99 Å². The van der Waals surface area contributed by atoms with Gasteiger partial charge in [0.1, 0.15) is 0 Å². The third kappa shape index (κ3) is 4.24. The van der Waals surface area contributed by atoms with Crippen LogP contribution in [0.4, 0.5) is 5.69 Å². The number of benzene rings is 2. The van der Waals surface area contributed by atoms with E-state index >= 15 is 0 Å². The Hall–Kier alpha value is -3.39. The minimum atomic E-state index is -0.446. The second-order valence-corrected chi connectivity index (χ2v) is 6.56. The van der Waals surface area contributed by atoms with Gasteiger partial charge in [0.15, 0.2) is 5.70 Å². The number of nitrogens with zero attached hydrogens (tertiary/aromatic N) is 3. The molecule has 0 unspecified atom stereocenters. The molecule has 1 aliphatic rings. The van der Waals surface area contributed by atoms with Gasteiger partial charge < -0.3 is 9.64 Å². The number of aliphatic imine (C=N–C) groups is 1. The molecule has 0 bridgehead atoms. The molecule has 3 rings (SSSR count). The van der Waals surface area contributed by atoms with Crippen molar-refractivity contribution in [3.63, 3.8) is 0 Å². The number of anilines is 1. The molecule has 0 amide bonds. The van der Waals surface area contributed by atoms with E-state index in [1.807, 2.05) is 68.3 Å². The number of rotatable bonds is 5. The van der Waals surface area contributed by atoms with Gasteiger partial charge >= 0.3 is 5.97 Å². The molecule has 0 aromatic heterocycles. The maximum absolute atomic E-state index is 12.2. The van der Waals surface area contributed by atoms with E-state index in [0.29, 0.717) is 18.9 Å². The van der Waals surface area contributed by atoms with E-state index in [9.17, 15) is 4.79 Å². The molecule has 0 radical (unpaired) electrons. The van der Waals surface area contributed by atoms with Gasteiger partial charge in [0.2, 0.25) is 5.90 Å². The lowest BCUT2D eigenvalue weighted by molar-refractivity contribution is -0.129. The highest BCUT2D eigenvalue weighted by atomic mass is 16.6. The van der Waals surface area contributed by atoms with Crippen LogP contribution in [0, 0.1) is 25.2 Å². The summed E-state index contributed by atoms with van der Waals surface area (Å²) in [6, 6.07) is 15.8. The van der Waals surface area contributed by atoms with Gasteiger partial charge in [-0.2, -0.15) is 5.26 Å². The Labute approximate surface area is 159 Å². The van der Waals surface area contributed by atoms with E-state index in [1.54, 1.807) is 6.08 Å². The van der Waals surface area contributed by atoms with Crippen LogP contribution >= 0.6 is 0 Å². The minimum Gasteiger partial charge on any atom is -0.402 e. The Morgan fingerprint density at radius 2 is 1.89 bits per heavy atom. The molecule has 27 heavy (non-hydrogen) atoms. The first kappa shape index (κ1) is 18.4. The summed E-state index contributed by atoms with van der Waals surface area (Å²) < 4.78 is 5.34. The fourth-order valence-corrected chi connectivity index (χ4v) is 2.74. The summed E-state index contributed by atoms with van der Waals surface area (Å²) in [6.07, 6.45) is 2.19. The van der Waals surface area contributed by atoms with Crippen molar-refractivity contribution in [3.05, 3.63) is 70.4 Å². The van der Waals surface area contributed by atoms with Crippen LogP contribution in [-0.2, 0) is 9.53 Å². The van der Waals surface area contributed by atoms with E-state index < -0.39 is 5.97 Å². The molecule has 2 aromatic rings. The van der Waals surface area contributed by atoms with E-state index in [-0.39, 0.29) is 5.70 Å². The van der Waals surface area contributed by atoms with Crippen LogP contribution in [0.15, 0.2) is 53.2 Å². The number of hydrogen-bond acceptors (Lipinski definition) is 5. The Morgan fingerprint density at radius 1 is 1.15 bits per heavy atom. The fourth-order valence-electron chi connectivity index (χ4n) is 2.74. The lowest BCUT2D eigenvalue weighted by Crippen LogP contribution is -2.17. The largest absolute Gasteiger partial charge is 0.402 e. The third-order valence-electron chi connectivity index (χ3n) is 4.57. The molecule has 0 spiro atoms. The van der Waals surface area contributed by atoms with Crippen molar-refractivity contribution in [3.8, 4) is 6.07 Å². The Bertz CT molecular complexity index is 966. The quantitative estimate of drug-likeness (QED) is 0.598. The van der Waals surface area contributed by atoms with Crippen molar-refractivity contribution in [2.75, 3.05) is 18.5 Å². The zero-order chi connectivity index (χ0) is 19.4. The molecule has 136 valence electrons. The summed E-state index contributed by atoms with van der Waals surface area (Å²) in [5, 5.41) is 8.68. The molecule has 0 atom stereocenters. The minimum absolute atomic E-state index is 0.286. The van der Waals surface area contributed by atoms with Crippen LogP contribution in [-0.4, -0.2) is 25.5 Å². The summed E-state index contributed by atoms with van der Waals surface area (Å²) in [4.78, 5) is 18.5. The Balaban J connectivity index is 1.80. The topological polar surface area (TPSA) is 65.7 Å². The predicted octanol–water partition coefficient (Wildman–Crippen LogP) is 4.00.